The molecule has 1 aliphatic rings. The van der Waals surface area contributed by atoms with Gasteiger partial charge in [0.05, 0.1) is 26.4 Å². The first-order valence-electron chi connectivity index (χ1n) is 14.1. The molecule has 0 N–H and O–H groups in total. The number of methoxy groups -OCH3 is 2. The Morgan fingerprint density at radius 2 is 1.85 bits per heavy atom. The van der Waals surface area contributed by atoms with E-state index in [0.717, 1.165) is 16.1 Å². The van der Waals surface area contributed by atoms with Gasteiger partial charge in [-0.15, -0.1) is 11.3 Å². The quantitative estimate of drug-likeness (QED) is 0.256. The third-order valence-corrected chi connectivity index (χ3v) is 8.46. The van der Waals surface area contributed by atoms with Crippen molar-refractivity contribution < 1.29 is 23.8 Å². The fourth-order valence-corrected chi connectivity index (χ4v) is 6.62. The number of rotatable bonds is 10. The molecule has 41 heavy (non-hydrogen) atoms. The lowest BCUT2D eigenvalue weighted by Gasteiger charge is -2.39. The minimum atomic E-state index is -1.26. The lowest BCUT2D eigenvalue weighted by Crippen LogP contribution is -2.56. The Bertz CT molecular complexity index is 1320. The third kappa shape index (κ3) is 6.49. The number of hydrogen-bond acceptors (Lipinski definition) is 7. The first-order chi connectivity index (χ1) is 19.5. The van der Waals surface area contributed by atoms with E-state index in [-0.39, 0.29) is 29.8 Å². The lowest BCUT2D eigenvalue weighted by atomic mass is 9.84. The number of hydrogen-bond donors (Lipinski definition) is 0. The average molecular weight is 579 g/mol. The van der Waals surface area contributed by atoms with Crippen molar-refractivity contribution in [3.8, 4) is 5.75 Å². The van der Waals surface area contributed by atoms with Gasteiger partial charge in [0.1, 0.15) is 16.3 Å². The van der Waals surface area contributed by atoms with E-state index < -0.39 is 17.6 Å². The fraction of sp³-hybridized carbons (Fsp3) is 0.485. The van der Waals surface area contributed by atoms with E-state index in [0.29, 0.717) is 30.8 Å². The van der Waals surface area contributed by atoms with Crippen LogP contribution in [0.25, 0.3) is 0 Å². The molecule has 1 saturated heterocycles. The first kappa shape index (κ1) is 30.7. The molecule has 1 aromatic heterocycles. The molecule has 0 bridgehead atoms. The molecule has 220 valence electrons. The minimum Gasteiger partial charge on any atom is -0.496 e. The third-order valence-electron chi connectivity index (χ3n) is 7.61. The monoisotopic (exact) mass is 578 g/mol. The van der Waals surface area contributed by atoms with Gasteiger partial charge in [-0.2, -0.15) is 0 Å². The van der Waals surface area contributed by atoms with Crippen LogP contribution in [0.1, 0.15) is 73.6 Å². The van der Waals surface area contributed by atoms with Crippen molar-refractivity contribution >= 4 is 23.2 Å². The maximum atomic E-state index is 14.8. The normalized spacial score (nSPS) is 20.8. The van der Waals surface area contributed by atoms with Gasteiger partial charge in [0.25, 0.3) is 5.91 Å². The molecular formula is C33H42N2O5S. The van der Waals surface area contributed by atoms with Gasteiger partial charge in [-0.3, -0.25) is 4.79 Å². The summed E-state index contributed by atoms with van der Waals surface area (Å²) in [6.45, 7) is 11.0. The number of likely N-dealkylation sites (tertiary alicyclic amines) is 1. The van der Waals surface area contributed by atoms with E-state index in [4.69, 9.17) is 14.2 Å². The maximum Gasteiger partial charge on any atom is 0.332 e. The number of esters is 1. The molecule has 2 heterocycles. The standard InChI is InChI=1S/C33H42N2O5S/c1-22(2)20-40-31(37)33(18-23-11-9-8-10-12-23)19-25(21-38-6)28(29-34-15-16-41-29)35(33)30(36)24-13-14-26(32(3,4)5)27(17-24)39-7/h8-17,22,25,28H,18-21H2,1-7H3. The molecule has 0 spiro atoms. The molecule has 1 aliphatic heterocycles. The van der Waals surface area contributed by atoms with E-state index in [1.807, 2.05) is 61.7 Å². The van der Waals surface area contributed by atoms with Gasteiger partial charge >= 0.3 is 5.97 Å². The van der Waals surface area contributed by atoms with Gasteiger partial charge in [-0.25, -0.2) is 9.78 Å². The number of amides is 1. The average Bonchev–Trinajstić information content (AvgIpc) is 3.58. The zero-order chi connectivity index (χ0) is 29.8. The molecule has 1 amide bonds. The van der Waals surface area contributed by atoms with Crippen LogP contribution in [-0.4, -0.2) is 54.7 Å². The van der Waals surface area contributed by atoms with Gasteiger partial charge in [0, 0.05) is 36.6 Å². The van der Waals surface area contributed by atoms with E-state index in [1.54, 1.807) is 31.4 Å². The number of nitrogens with zero attached hydrogens (tertiary/aromatic N) is 2. The van der Waals surface area contributed by atoms with Crippen LogP contribution in [0.4, 0.5) is 0 Å². The topological polar surface area (TPSA) is 78.0 Å². The van der Waals surface area contributed by atoms with Crippen molar-refractivity contribution in [3.63, 3.8) is 0 Å². The van der Waals surface area contributed by atoms with Crippen molar-refractivity contribution in [1.82, 2.24) is 9.88 Å². The zero-order valence-corrected chi connectivity index (χ0v) is 26.0. The Morgan fingerprint density at radius 1 is 1.12 bits per heavy atom. The molecule has 0 saturated carbocycles. The molecule has 0 aliphatic carbocycles. The molecular weight excluding hydrogens is 536 g/mol. The second-order valence-corrected chi connectivity index (χ2v) is 13.2. The minimum absolute atomic E-state index is 0.150. The predicted molar refractivity (Wildman–Crippen MR) is 161 cm³/mol. The largest absolute Gasteiger partial charge is 0.496 e. The summed E-state index contributed by atoms with van der Waals surface area (Å²) < 4.78 is 17.4. The van der Waals surface area contributed by atoms with Crippen molar-refractivity contribution in [1.29, 1.82) is 0 Å². The highest BCUT2D eigenvalue weighted by Gasteiger charge is 2.60. The van der Waals surface area contributed by atoms with Crippen LogP contribution in [0.3, 0.4) is 0 Å². The van der Waals surface area contributed by atoms with Gasteiger partial charge in [0.2, 0.25) is 0 Å². The molecule has 3 atom stereocenters. The Morgan fingerprint density at radius 3 is 2.44 bits per heavy atom. The summed E-state index contributed by atoms with van der Waals surface area (Å²) in [6, 6.07) is 14.9. The summed E-state index contributed by atoms with van der Waals surface area (Å²) in [7, 11) is 3.26. The number of carbonyl (C=O) groups is 2. The molecule has 1 fully saturated rings. The zero-order valence-electron chi connectivity index (χ0n) is 25.2. The van der Waals surface area contributed by atoms with Crippen LogP contribution in [0, 0.1) is 11.8 Å². The molecule has 8 heteroatoms. The number of thiazole rings is 1. The molecule has 7 nitrogen and oxygen atoms in total. The molecule has 4 rings (SSSR count). The van der Waals surface area contributed by atoms with Crippen LogP contribution in [-0.2, 0) is 26.1 Å². The predicted octanol–water partition coefficient (Wildman–Crippen LogP) is 6.48. The second kappa shape index (κ2) is 12.7. The van der Waals surface area contributed by atoms with E-state index in [9.17, 15) is 9.59 Å². The first-order valence-corrected chi connectivity index (χ1v) is 15.0. The summed E-state index contributed by atoms with van der Waals surface area (Å²) in [5.41, 5.74) is 0.958. The number of aromatic nitrogens is 1. The van der Waals surface area contributed by atoms with Crippen LogP contribution in [0.2, 0.25) is 0 Å². The SMILES string of the molecule is COCC1CC(Cc2ccccc2)(C(=O)OCC(C)C)N(C(=O)c2ccc(C(C)(C)C)c(OC)c2)C1c1nccs1. The Hall–Kier alpha value is -3.23. The van der Waals surface area contributed by atoms with Gasteiger partial charge in [-0.05, 0) is 41.0 Å². The molecule has 3 unspecified atom stereocenters. The lowest BCUT2D eigenvalue weighted by molar-refractivity contribution is -0.157. The van der Waals surface area contributed by atoms with Gasteiger partial charge < -0.3 is 19.1 Å². The summed E-state index contributed by atoms with van der Waals surface area (Å²) in [6.07, 6.45) is 2.44. The van der Waals surface area contributed by atoms with Crippen LogP contribution in [0.15, 0.2) is 60.1 Å². The summed E-state index contributed by atoms with van der Waals surface area (Å²) >= 11 is 1.48. The maximum absolute atomic E-state index is 14.8. The van der Waals surface area contributed by atoms with Crippen molar-refractivity contribution in [3.05, 3.63) is 81.8 Å². The highest BCUT2D eigenvalue weighted by atomic mass is 32.1. The van der Waals surface area contributed by atoms with Gasteiger partial charge in [-0.1, -0.05) is 71.0 Å². The fourth-order valence-electron chi connectivity index (χ4n) is 5.80. The summed E-state index contributed by atoms with van der Waals surface area (Å²) in [5.74, 6) is -0.0437. The number of ether oxygens (including phenoxy) is 3. The summed E-state index contributed by atoms with van der Waals surface area (Å²) in [5, 5.41) is 2.67. The summed E-state index contributed by atoms with van der Waals surface area (Å²) in [4.78, 5) is 35.5. The van der Waals surface area contributed by atoms with Crippen LogP contribution in [0.5, 0.6) is 5.75 Å². The highest BCUT2D eigenvalue weighted by Crippen LogP contribution is 2.50. The molecule has 3 aromatic rings. The Balaban J connectivity index is 1.92. The number of carbonyl (C=O) groups excluding carboxylic acids is 2. The van der Waals surface area contributed by atoms with E-state index >= 15 is 0 Å². The molecule has 0 radical (unpaired) electrons. The van der Waals surface area contributed by atoms with Crippen molar-refractivity contribution in [2.24, 2.45) is 11.8 Å². The van der Waals surface area contributed by atoms with Crippen molar-refractivity contribution in [2.45, 2.75) is 64.5 Å². The van der Waals surface area contributed by atoms with E-state index in [1.165, 1.54) is 11.3 Å². The Kier molecular flexibility index (Phi) is 9.55. The van der Waals surface area contributed by atoms with E-state index in [2.05, 4.69) is 25.8 Å². The Labute approximate surface area is 247 Å². The van der Waals surface area contributed by atoms with Gasteiger partial charge in [0.15, 0.2) is 0 Å². The molecule has 2 aromatic carbocycles. The highest BCUT2D eigenvalue weighted by molar-refractivity contribution is 7.09. The van der Waals surface area contributed by atoms with Crippen LogP contribution < -0.4 is 4.74 Å². The van der Waals surface area contributed by atoms with Crippen LogP contribution >= 0.6 is 11.3 Å². The smallest absolute Gasteiger partial charge is 0.332 e. The van der Waals surface area contributed by atoms with Crippen molar-refractivity contribution in [2.75, 3.05) is 27.4 Å². The second-order valence-electron chi connectivity index (χ2n) is 12.3. The number of benzene rings is 2.